The Labute approximate surface area is 83.6 Å². The van der Waals surface area contributed by atoms with Crippen molar-refractivity contribution in [2.75, 3.05) is 7.11 Å². The average Bonchev–Trinajstić information content (AvgIpc) is 2.14. The number of methoxy groups -OCH3 is 1. The van der Waals surface area contributed by atoms with Crippen LogP contribution in [0.5, 0.6) is 5.75 Å². The first-order valence-electron chi connectivity index (χ1n) is 4.01. The van der Waals surface area contributed by atoms with Crippen molar-refractivity contribution in [2.24, 2.45) is 5.73 Å². The molecule has 0 amide bonds. The second-order valence-corrected chi connectivity index (χ2v) is 2.94. The normalized spacial score (nSPS) is 13.7. The number of alkyl halides is 3. The fourth-order valence-electron chi connectivity index (χ4n) is 1.07. The number of benzene rings is 1. The topological polar surface area (TPSA) is 35.2 Å². The molecular weight excluding hydrogens is 214 g/mol. The second-order valence-electron chi connectivity index (χ2n) is 2.94. The molecule has 1 atom stereocenters. The quantitative estimate of drug-likeness (QED) is 0.781. The van der Waals surface area contributed by atoms with Crippen molar-refractivity contribution >= 4 is 0 Å². The van der Waals surface area contributed by atoms with Gasteiger partial charge in [0.25, 0.3) is 0 Å². The highest BCUT2D eigenvalue weighted by Crippen LogP contribution is 2.32. The van der Waals surface area contributed by atoms with E-state index in [2.05, 4.69) is 4.74 Å². The van der Waals surface area contributed by atoms with Crippen molar-refractivity contribution in [2.45, 2.75) is 12.2 Å². The van der Waals surface area contributed by atoms with E-state index in [1.165, 1.54) is 7.11 Å². The molecule has 1 rings (SSSR count). The summed E-state index contributed by atoms with van der Waals surface area (Å²) in [6, 6.07) is 0.566. The molecule has 0 fully saturated rings. The van der Waals surface area contributed by atoms with Crippen molar-refractivity contribution in [3.8, 4) is 5.75 Å². The Bertz CT molecular complexity index is 350. The Hall–Kier alpha value is -1.30. The van der Waals surface area contributed by atoms with Gasteiger partial charge in [0.05, 0.1) is 7.11 Å². The number of hydrogen-bond acceptors (Lipinski definition) is 2. The van der Waals surface area contributed by atoms with Crippen LogP contribution in [0.1, 0.15) is 11.6 Å². The minimum Gasteiger partial charge on any atom is -0.497 e. The minimum atomic E-state index is -4.60. The van der Waals surface area contributed by atoms with Crippen molar-refractivity contribution in [1.82, 2.24) is 0 Å². The largest absolute Gasteiger partial charge is 0.497 e. The molecular formula is C9H9F4NO. The zero-order valence-electron chi connectivity index (χ0n) is 7.81. The van der Waals surface area contributed by atoms with E-state index in [0.717, 1.165) is 18.2 Å². The van der Waals surface area contributed by atoms with Crippen LogP contribution in [-0.2, 0) is 0 Å². The van der Waals surface area contributed by atoms with Gasteiger partial charge in [-0.1, -0.05) is 0 Å². The molecule has 0 aromatic heterocycles. The van der Waals surface area contributed by atoms with Gasteiger partial charge in [-0.2, -0.15) is 13.2 Å². The number of rotatable bonds is 2. The van der Waals surface area contributed by atoms with E-state index in [0.29, 0.717) is 0 Å². The lowest BCUT2D eigenvalue weighted by Gasteiger charge is -2.16. The van der Waals surface area contributed by atoms with E-state index in [4.69, 9.17) is 5.73 Å². The van der Waals surface area contributed by atoms with Crippen LogP contribution >= 0.6 is 0 Å². The highest BCUT2D eigenvalue weighted by atomic mass is 19.4. The predicted molar refractivity (Wildman–Crippen MR) is 45.9 cm³/mol. The van der Waals surface area contributed by atoms with Crippen LogP contribution in [0, 0.1) is 5.82 Å². The van der Waals surface area contributed by atoms with E-state index in [1.54, 1.807) is 0 Å². The van der Waals surface area contributed by atoms with E-state index in [1.807, 2.05) is 0 Å². The maximum absolute atomic E-state index is 12.9. The van der Waals surface area contributed by atoms with Crippen molar-refractivity contribution in [1.29, 1.82) is 0 Å². The first-order chi connectivity index (χ1) is 6.84. The molecule has 2 N–H and O–H groups in total. The van der Waals surface area contributed by atoms with Crippen LogP contribution in [0.3, 0.4) is 0 Å². The van der Waals surface area contributed by atoms with Gasteiger partial charge in [0.1, 0.15) is 17.6 Å². The van der Waals surface area contributed by atoms with Gasteiger partial charge in [-0.25, -0.2) is 4.39 Å². The molecule has 0 bridgehead atoms. The lowest BCUT2D eigenvalue weighted by atomic mass is 10.1. The summed E-state index contributed by atoms with van der Waals surface area (Å²) in [5.74, 6) is -0.811. The zero-order valence-corrected chi connectivity index (χ0v) is 7.81. The van der Waals surface area contributed by atoms with Gasteiger partial charge in [-0.05, 0) is 17.7 Å². The Kier molecular flexibility index (Phi) is 3.18. The second kappa shape index (κ2) is 4.06. The molecule has 0 saturated carbocycles. The van der Waals surface area contributed by atoms with Gasteiger partial charge in [0.15, 0.2) is 0 Å². The van der Waals surface area contributed by atoms with Crippen LogP contribution in [0.25, 0.3) is 0 Å². The highest BCUT2D eigenvalue weighted by molar-refractivity contribution is 5.32. The van der Waals surface area contributed by atoms with Crippen LogP contribution in [-0.4, -0.2) is 13.3 Å². The number of ether oxygens (including phenoxy) is 1. The zero-order chi connectivity index (χ0) is 11.6. The van der Waals surface area contributed by atoms with Crippen LogP contribution < -0.4 is 10.5 Å². The maximum Gasteiger partial charge on any atom is 0.407 e. The first kappa shape index (κ1) is 11.8. The summed E-state index contributed by atoms with van der Waals surface area (Å²) in [5.41, 5.74) is 4.56. The summed E-state index contributed by atoms with van der Waals surface area (Å²) in [6.45, 7) is 0. The molecule has 0 saturated heterocycles. The third-order valence-corrected chi connectivity index (χ3v) is 1.84. The third kappa shape index (κ3) is 2.82. The summed E-state index contributed by atoms with van der Waals surface area (Å²) >= 11 is 0. The highest BCUT2D eigenvalue weighted by Gasteiger charge is 2.38. The molecule has 6 heteroatoms. The van der Waals surface area contributed by atoms with Crippen LogP contribution in [0.4, 0.5) is 17.6 Å². The van der Waals surface area contributed by atoms with Gasteiger partial charge in [-0.15, -0.1) is 0 Å². The maximum atomic E-state index is 12.9. The van der Waals surface area contributed by atoms with Crippen molar-refractivity contribution in [3.63, 3.8) is 0 Å². The van der Waals surface area contributed by atoms with Gasteiger partial charge >= 0.3 is 6.18 Å². The lowest BCUT2D eigenvalue weighted by molar-refractivity contribution is -0.149. The van der Waals surface area contributed by atoms with Gasteiger partial charge in [-0.3, -0.25) is 0 Å². The smallest absolute Gasteiger partial charge is 0.407 e. The van der Waals surface area contributed by atoms with Gasteiger partial charge in [0.2, 0.25) is 0 Å². The summed E-state index contributed by atoms with van der Waals surface area (Å²) in [7, 11) is 1.23. The molecule has 0 aliphatic heterocycles. The Morgan fingerprint density at radius 3 is 2.33 bits per heavy atom. The van der Waals surface area contributed by atoms with E-state index in [9.17, 15) is 17.6 Å². The Balaban J connectivity index is 3.09. The summed E-state index contributed by atoms with van der Waals surface area (Å²) in [4.78, 5) is 0. The third-order valence-electron chi connectivity index (χ3n) is 1.84. The van der Waals surface area contributed by atoms with Crippen LogP contribution in [0.2, 0.25) is 0 Å². The molecule has 0 spiro atoms. The molecule has 1 aromatic rings. The van der Waals surface area contributed by atoms with Gasteiger partial charge in [0, 0.05) is 6.07 Å². The fourth-order valence-corrected chi connectivity index (χ4v) is 1.07. The monoisotopic (exact) mass is 223 g/mol. The van der Waals surface area contributed by atoms with Crippen LogP contribution in [0.15, 0.2) is 18.2 Å². The summed E-state index contributed by atoms with van der Waals surface area (Å²) in [6.07, 6.45) is -4.60. The molecule has 84 valence electrons. The summed E-state index contributed by atoms with van der Waals surface area (Å²) in [5, 5.41) is 0. The molecule has 0 aliphatic rings. The summed E-state index contributed by atoms with van der Waals surface area (Å²) < 4.78 is 54.1. The van der Waals surface area contributed by atoms with E-state index in [-0.39, 0.29) is 11.3 Å². The molecule has 2 nitrogen and oxygen atoms in total. The predicted octanol–water partition coefficient (Wildman–Crippen LogP) is 2.40. The van der Waals surface area contributed by atoms with E-state index >= 15 is 0 Å². The molecule has 0 radical (unpaired) electrons. The number of hydrogen-bond donors (Lipinski definition) is 1. The Morgan fingerprint density at radius 2 is 1.87 bits per heavy atom. The lowest BCUT2D eigenvalue weighted by Crippen LogP contribution is -2.28. The first-order valence-corrected chi connectivity index (χ1v) is 4.01. The molecule has 0 heterocycles. The standard InChI is InChI=1S/C9H9F4NO/c1-15-7-3-5(2-6(10)4-7)8(14)9(11,12)13/h2-4,8H,14H2,1H3/t8-/m1/s1. The SMILES string of the molecule is COc1cc(F)cc([C@@H](N)C(F)(F)F)c1. The molecule has 0 unspecified atom stereocenters. The number of nitrogens with two attached hydrogens (primary N) is 1. The Morgan fingerprint density at radius 1 is 1.27 bits per heavy atom. The molecule has 1 aromatic carbocycles. The molecule has 15 heavy (non-hydrogen) atoms. The fraction of sp³-hybridized carbons (Fsp3) is 0.333. The van der Waals surface area contributed by atoms with Gasteiger partial charge < -0.3 is 10.5 Å². The minimum absolute atomic E-state index is 0.00435. The van der Waals surface area contributed by atoms with Crippen molar-refractivity contribution in [3.05, 3.63) is 29.6 Å². The van der Waals surface area contributed by atoms with E-state index < -0.39 is 18.0 Å². The van der Waals surface area contributed by atoms with Crippen molar-refractivity contribution < 1.29 is 22.3 Å². The molecule has 0 aliphatic carbocycles. The average molecular weight is 223 g/mol. The number of halogens is 4.